The average Bonchev–Trinajstić information content (AvgIpc) is 2.67. The highest BCUT2D eigenvalue weighted by Gasteiger charge is 2.26. The number of hydrazine groups is 1. The Morgan fingerprint density at radius 3 is 2.00 bits per heavy atom. The van der Waals surface area contributed by atoms with Crippen LogP contribution in [0.2, 0.25) is 0 Å². The van der Waals surface area contributed by atoms with Gasteiger partial charge in [-0.15, -0.1) is 0 Å². The third kappa shape index (κ3) is 7.83. The molecule has 0 saturated heterocycles. The number of aliphatic carboxylic acids is 1. The van der Waals surface area contributed by atoms with Gasteiger partial charge in [0.1, 0.15) is 11.6 Å². The number of nitrogens with one attached hydrogen (secondary N) is 2. The quantitative estimate of drug-likeness (QED) is 0.630. The van der Waals surface area contributed by atoms with E-state index in [0.717, 1.165) is 16.1 Å². The number of ether oxygens (including phenoxy) is 1. The van der Waals surface area contributed by atoms with Gasteiger partial charge in [0.05, 0.1) is 6.54 Å². The second-order valence-electron chi connectivity index (χ2n) is 7.72. The maximum absolute atomic E-state index is 12.8. The van der Waals surface area contributed by atoms with E-state index < -0.39 is 29.7 Å². The smallest absolute Gasteiger partial charge is 0.426 e. The summed E-state index contributed by atoms with van der Waals surface area (Å²) in [6.45, 7) is 5.14. The van der Waals surface area contributed by atoms with Crippen molar-refractivity contribution >= 4 is 18.1 Å². The van der Waals surface area contributed by atoms with Gasteiger partial charge < -0.3 is 15.2 Å². The summed E-state index contributed by atoms with van der Waals surface area (Å²) in [5.74, 6) is -1.18. The molecule has 0 unspecified atom stereocenters. The SMILES string of the molecule is CC(C)(C)OC(=O)NN(Cc1ccccc1)C(=O)N[C@@H](Cc1ccccc1)C(=O)O. The molecule has 0 spiro atoms. The molecule has 30 heavy (non-hydrogen) atoms. The van der Waals surface area contributed by atoms with Crippen LogP contribution in [-0.2, 0) is 22.5 Å². The van der Waals surface area contributed by atoms with Crippen molar-refractivity contribution < 1.29 is 24.2 Å². The van der Waals surface area contributed by atoms with Gasteiger partial charge >= 0.3 is 18.1 Å². The van der Waals surface area contributed by atoms with Gasteiger partial charge in [0.15, 0.2) is 0 Å². The number of carboxylic acid groups (broad SMARTS) is 1. The Morgan fingerprint density at radius 1 is 0.967 bits per heavy atom. The summed E-state index contributed by atoms with van der Waals surface area (Å²) in [7, 11) is 0. The number of carbonyl (C=O) groups excluding carboxylic acids is 2. The standard InChI is InChI=1S/C22H27N3O5/c1-22(2,3)30-21(29)24-25(15-17-12-8-5-9-13-17)20(28)23-18(19(26)27)14-16-10-6-4-7-11-16/h4-13,18H,14-15H2,1-3H3,(H,23,28)(H,24,29)(H,26,27)/t18-/m0/s1. The Morgan fingerprint density at radius 2 is 1.50 bits per heavy atom. The molecule has 0 aliphatic rings. The lowest BCUT2D eigenvalue weighted by Crippen LogP contribution is -2.55. The zero-order valence-corrected chi connectivity index (χ0v) is 17.3. The Hall–Kier alpha value is -3.55. The van der Waals surface area contributed by atoms with Crippen molar-refractivity contribution in [1.82, 2.24) is 15.8 Å². The van der Waals surface area contributed by atoms with Crippen molar-refractivity contribution in [3.63, 3.8) is 0 Å². The van der Waals surface area contributed by atoms with Crippen molar-refractivity contribution in [2.24, 2.45) is 0 Å². The highest BCUT2D eigenvalue weighted by Crippen LogP contribution is 2.09. The largest absolute Gasteiger partial charge is 0.480 e. The van der Waals surface area contributed by atoms with Gasteiger partial charge in [0.2, 0.25) is 0 Å². The number of amides is 3. The highest BCUT2D eigenvalue weighted by atomic mass is 16.6. The highest BCUT2D eigenvalue weighted by molar-refractivity contribution is 5.84. The lowest BCUT2D eigenvalue weighted by molar-refractivity contribution is -0.139. The number of hydrogen-bond donors (Lipinski definition) is 3. The molecule has 8 heteroatoms. The molecule has 0 saturated carbocycles. The summed E-state index contributed by atoms with van der Waals surface area (Å²) in [4.78, 5) is 36.7. The second-order valence-corrected chi connectivity index (χ2v) is 7.72. The number of rotatable bonds is 6. The zero-order valence-electron chi connectivity index (χ0n) is 17.3. The molecule has 8 nitrogen and oxygen atoms in total. The van der Waals surface area contributed by atoms with Crippen LogP contribution < -0.4 is 10.7 Å². The van der Waals surface area contributed by atoms with E-state index in [0.29, 0.717) is 0 Å². The van der Waals surface area contributed by atoms with Crippen LogP contribution in [0.15, 0.2) is 60.7 Å². The molecule has 0 heterocycles. The fourth-order valence-corrected chi connectivity index (χ4v) is 2.62. The van der Waals surface area contributed by atoms with Crippen molar-refractivity contribution in [1.29, 1.82) is 0 Å². The van der Waals surface area contributed by atoms with E-state index in [-0.39, 0.29) is 13.0 Å². The van der Waals surface area contributed by atoms with E-state index in [1.165, 1.54) is 0 Å². The molecule has 0 aliphatic heterocycles. The summed E-state index contributed by atoms with van der Waals surface area (Å²) in [6, 6.07) is 16.1. The first-order valence-corrected chi connectivity index (χ1v) is 9.52. The fraction of sp³-hybridized carbons (Fsp3) is 0.318. The topological polar surface area (TPSA) is 108 Å². The second kappa shape index (κ2) is 10.3. The molecule has 2 rings (SSSR count). The summed E-state index contributed by atoms with van der Waals surface area (Å²) < 4.78 is 5.22. The Bertz CT molecular complexity index is 850. The number of urea groups is 1. The lowest BCUT2D eigenvalue weighted by Gasteiger charge is -2.27. The van der Waals surface area contributed by atoms with Crippen LogP contribution in [-0.4, -0.2) is 39.9 Å². The maximum Gasteiger partial charge on any atom is 0.426 e. The minimum atomic E-state index is -1.18. The Labute approximate surface area is 175 Å². The van der Waals surface area contributed by atoms with Crippen molar-refractivity contribution in [2.75, 3.05) is 0 Å². The fourth-order valence-electron chi connectivity index (χ4n) is 2.62. The molecule has 3 amide bonds. The molecule has 0 fully saturated rings. The average molecular weight is 413 g/mol. The molecule has 1 atom stereocenters. The third-order valence-electron chi connectivity index (χ3n) is 3.93. The molecule has 0 aromatic heterocycles. The van der Waals surface area contributed by atoms with Crippen LogP contribution in [0.25, 0.3) is 0 Å². The van der Waals surface area contributed by atoms with E-state index in [1.54, 1.807) is 69.3 Å². The van der Waals surface area contributed by atoms with Gasteiger partial charge in [-0.2, -0.15) is 0 Å². The van der Waals surface area contributed by atoms with Crippen molar-refractivity contribution in [2.45, 2.75) is 45.4 Å². The van der Waals surface area contributed by atoms with Crippen LogP contribution in [0.3, 0.4) is 0 Å². The number of carboxylic acids is 1. The van der Waals surface area contributed by atoms with Crippen LogP contribution in [0.4, 0.5) is 9.59 Å². The minimum Gasteiger partial charge on any atom is -0.480 e. The summed E-state index contributed by atoms with van der Waals surface area (Å²) in [5.41, 5.74) is 3.16. The normalized spacial score (nSPS) is 11.8. The van der Waals surface area contributed by atoms with Crippen LogP contribution >= 0.6 is 0 Å². The minimum absolute atomic E-state index is 0.0313. The first kappa shape index (κ1) is 22.7. The van der Waals surface area contributed by atoms with Gasteiger partial charge in [-0.1, -0.05) is 60.7 Å². The van der Waals surface area contributed by atoms with Gasteiger partial charge in [0, 0.05) is 6.42 Å². The van der Waals surface area contributed by atoms with E-state index >= 15 is 0 Å². The molecule has 3 N–H and O–H groups in total. The number of carbonyl (C=O) groups is 3. The predicted molar refractivity (Wildman–Crippen MR) is 111 cm³/mol. The van der Waals surface area contributed by atoms with Crippen LogP contribution in [0, 0.1) is 0 Å². The van der Waals surface area contributed by atoms with Crippen molar-refractivity contribution in [3.05, 3.63) is 71.8 Å². The van der Waals surface area contributed by atoms with Gasteiger partial charge in [0.25, 0.3) is 0 Å². The predicted octanol–water partition coefficient (Wildman–Crippen LogP) is 3.33. The molecule has 0 aliphatic carbocycles. The monoisotopic (exact) mass is 413 g/mol. The summed E-state index contributed by atoms with van der Waals surface area (Å²) >= 11 is 0. The Kier molecular flexibility index (Phi) is 7.80. The van der Waals surface area contributed by atoms with Crippen LogP contribution in [0.5, 0.6) is 0 Å². The van der Waals surface area contributed by atoms with E-state index in [4.69, 9.17) is 4.74 Å². The van der Waals surface area contributed by atoms with Gasteiger partial charge in [-0.25, -0.2) is 24.8 Å². The van der Waals surface area contributed by atoms with E-state index in [2.05, 4.69) is 10.7 Å². The van der Waals surface area contributed by atoms with Gasteiger partial charge in [-0.3, -0.25) is 0 Å². The molecule has 160 valence electrons. The molecule has 0 bridgehead atoms. The molecule has 0 radical (unpaired) electrons. The van der Waals surface area contributed by atoms with Crippen molar-refractivity contribution in [3.8, 4) is 0 Å². The summed E-state index contributed by atoms with van der Waals surface area (Å²) in [6.07, 6.45) is -0.711. The zero-order chi connectivity index (χ0) is 22.1. The summed E-state index contributed by atoms with van der Waals surface area (Å²) in [5, 5.41) is 13.0. The third-order valence-corrected chi connectivity index (χ3v) is 3.93. The number of nitrogens with zero attached hydrogens (tertiary/aromatic N) is 1. The Balaban J connectivity index is 2.14. The van der Waals surface area contributed by atoms with Gasteiger partial charge in [-0.05, 0) is 31.9 Å². The maximum atomic E-state index is 12.8. The van der Waals surface area contributed by atoms with E-state index in [1.807, 2.05) is 12.1 Å². The molecule has 2 aromatic rings. The van der Waals surface area contributed by atoms with Crippen LogP contribution in [0.1, 0.15) is 31.9 Å². The molecule has 2 aromatic carbocycles. The molecular formula is C22H27N3O5. The molecular weight excluding hydrogens is 386 g/mol. The first-order chi connectivity index (χ1) is 14.1. The first-order valence-electron chi connectivity index (χ1n) is 9.52. The lowest BCUT2D eigenvalue weighted by atomic mass is 10.1. The van der Waals surface area contributed by atoms with E-state index in [9.17, 15) is 19.5 Å². The number of hydrogen-bond acceptors (Lipinski definition) is 4. The number of benzene rings is 2.